The highest BCUT2D eigenvalue weighted by Gasteiger charge is 2.29. The zero-order valence-electron chi connectivity index (χ0n) is 6.80. The number of nitrogens with zero attached hydrogens (tertiary/aromatic N) is 1. The van der Waals surface area contributed by atoms with Gasteiger partial charge >= 0.3 is 0 Å². The van der Waals surface area contributed by atoms with Crippen LogP contribution in [-0.4, -0.2) is 4.98 Å². The van der Waals surface area contributed by atoms with Crippen molar-refractivity contribution in [2.75, 3.05) is 0 Å². The molecule has 2 rings (SSSR count). The van der Waals surface area contributed by atoms with Crippen LogP contribution >= 0.6 is 15.9 Å². The molecule has 0 spiro atoms. The second-order valence-corrected chi connectivity index (χ2v) is 3.99. The van der Waals surface area contributed by atoms with E-state index in [0.29, 0.717) is 5.92 Å². The van der Waals surface area contributed by atoms with Crippen molar-refractivity contribution in [3.8, 4) is 6.07 Å². The second-order valence-electron chi connectivity index (χ2n) is 3.14. The molecule has 1 heterocycles. The van der Waals surface area contributed by atoms with Gasteiger partial charge in [-0.15, -0.1) is 0 Å². The lowest BCUT2D eigenvalue weighted by atomic mass is 10.1. The highest BCUT2D eigenvalue weighted by molar-refractivity contribution is 9.10. The fraction of sp³-hybridized carbons (Fsp3) is 0.333. The SMILES string of the molecule is N#Cc1c(C2CC2)c(Br)c[nH]c1=O. The number of nitriles is 1. The largest absolute Gasteiger partial charge is 0.327 e. The van der Waals surface area contributed by atoms with Gasteiger partial charge in [-0.25, -0.2) is 0 Å². The maximum Gasteiger partial charge on any atom is 0.266 e. The Bertz CT molecular complexity index is 440. The molecule has 0 amide bonds. The topological polar surface area (TPSA) is 56.6 Å². The molecule has 0 aromatic carbocycles. The monoisotopic (exact) mass is 238 g/mol. The van der Waals surface area contributed by atoms with Crippen molar-refractivity contribution in [3.05, 3.63) is 32.2 Å². The molecule has 1 N–H and O–H groups in total. The number of rotatable bonds is 1. The maximum atomic E-state index is 11.3. The summed E-state index contributed by atoms with van der Waals surface area (Å²) >= 11 is 3.34. The molecule has 1 aliphatic rings. The molecule has 4 heteroatoms. The van der Waals surface area contributed by atoms with Gasteiger partial charge in [0.2, 0.25) is 0 Å². The van der Waals surface area contributed by atoms with Gasteiger partial charge in [-0.3, -0.25) is 4.79 Å². The molecule has 13 heavy (non-hydrogen) atoms. The van der Waals surface area contributed by atoms with Crippen LogP contribution in [0.15, 0.2) is 15.5 Å². The number of pyridine rings is 1. The first-order valence-corrected chi connectivity index (χ1v) is 4.84. The average Bonchev–Trinajstić information content (AvgIpc) is 2.91. The Morgan fingerprint density at radius 3 is 2.85 bits per heavy atom. The summed E-state index contributed by atoms with van der Waals surface area (Å²) < 4.78 is 0.839. The zero-order valence-corrected chi connectivity index (χ0v) is 8.39. The van der Waals surface area contributed by atoms with Crippen LogP contribution in [0.25, 0.3) is 0 Å². The third kappa shape index (κ3) is 1.40. The number of hydrogen-bond acceptors (Lipinski definition) is 2. The lowest BCUT2D eigenvalue weighted by molar-refractivity contribution is 1.05. The number of hydrogen-bond donors (Lipinski definition) is 1. The van der Waals surface area contributed by atoms with E-state index in [2.05, 4.69) is 20.9 Å². The van der Waals surface area contributed by atoms with E-state index in [-0.39, 0.29) is 11.1 Å². The third-order valence-electron chi connectivity index (χ3n) is 2.18. The van der Waals surface area contributed by atoms with Gasteiger partial charge in [0, 0.05) is 10.7 Å². The van der Waals surface area contributed by atoms with Gasteiger partial charge < -0.3 is 4.98 Å². The van der Waals surface area contributed by atoms with Crippen molar-refractivity contribution in [3.63, 3.8) is 0 Å². The summed E-state index contributed by atoms with van der Waals surface area (Å²) in [6, 6.07) is 1.95. The molecule has 0 aliphatic heterocycles. The quantitative estimate of drug-likeness (QED) is 0.813. The summed E-state index contributed by atoms with van der Waals surface area (Å²) in [5, 5.41) is 8.81. The lowest BCUT2D eigenvalue weighted by Crippen LogP contribution is -2.12. The first-order chi connectivity index (χ1) is 6.24. The summed E-state index contributed by atoms with van der Waals surface area (Å²) in [5.41, 5.74) is 0.857. The average molecular weight is 239 g/mol. The number of aromatic amines is 1. The van der Waals surface area contributed by atoms with Crippen molar-refractivity contribution in [2.45, 2.75) is 18.8 Å². The molecule has 1 aliphatic carbocycles. The first kappa shape index (κ1) is 8.52. The van der Waals surface area contributed by atoms with Gasteiger partial charge in [0.05, 0.1) is 0 Å². The number of aromatic nitrogens is 1. The van der Waals surface area contributed by atoms with Gasteiger partial charge in [-0.1, -0.05) is 0 Å². The summed E-state index contributed by atoms with van der Waals surface area (Å²) in [5.74, 6) is 0.409. The molecule has 1 fully saturated rings. The van der Waals surface area contributed by atoms with Crippen LogP contribution < -0.4 is 5.56 Å². The lowest BCUT2D eigenvalue weighted by Gasteiger charge is -2.02. The molecule has 0 unspecified atom stereocenters. The van der Waals surface area contributed by atoms with Crippen LogP contribution in [-0.2, 0) is 0 Å². The summed E-state index contributed by atoms with van der Waals surface area (Å²) in [4.78, 5) is 13.8. The van der Waals surface area contributed by atoms with Gasteiger partial charge in [0.1, 0.15) is 11.6 Å². The maximum absolute atomic E-state index is 11.3. The van der Waals surface area contributed by atoms with E-state index in [0.717, 1.165) is 22.9 Å². The molecular weight excluding hydrogens is 232 g/mol. The number of H-pyrrole nitrogens is 1. The number of halogens is 1. The molecule has 0 atom stereocenters. The smallest absolute Gasteiger partial charge is 0.266 e. The predicted molar refractivity (Wildman–Crippen MR) is 51.5 cm³/mol. The summed E-state index contributed by atoms with van der Waals surface area (Å²) in [7, 11) is 0. The van der Waals surface area contributed by atoms with Gasteiger partial charge in [-0.05, 0) is 40.3 Å². The van der Waals surface area contributed by atoms with Crippen LogP contribution in [0, 0.1) is 11.3 Å². The Morgan fingerprint density at radius 1 is 1.62 bits per heavy atom. The second kappa shape index (κ2) is 3.00. The van der Waals surface area contributed by atoms with Gasteiger partial charge in [0.25, 0.3) is 5.56 Å². The minimum Gasteiger partial charge on any atom is -0.327 e. The van der Waals surface area contributed by atoms with E-state index in [1.54, 1.807) is 6.20 Å². The number of nitrogens with one attached hydrogen (secondary N) is 1. The van der Waals surface area contributed by atoms with Crippen molar-refractivity contribution in [1.82, 2.24) is 4.98 Å². The zero-order chi connectivity index (χ0) is 9.42. The Balaban J connectivity index is 2.69. The van der Waals surface area contributed by atoms with Gasteiger partial charge in [0.15, 0.2) is 0 Å². The minimum atomic E-state index is -0.285. The van der Waals surface area contributed by atoms with Crippen molar-refractivity contribution in [1.29, 1.82) is 5.26 Å². The molecule has 66 valence electrons. The van der Waals surface area contributed by atoms with E-state index >= 15 is 0 Å². The molecule has 3 nitrogen and oxygen atoms in total. The highest BCUT2D eigenvalue weighted by Crippen LogP contribution is 2.43. The molecule has 0 bridgehead atoms. The summed E-state index contributed by atoms with van der Waals surface area (Å²) in [6.07, 6.45) is 3.77. The molecule has 1 aromatic rings. The van der Waals surface area contributed by atoms with Crippen molar-refractivity contribution >= 4 is 15.9 Å². The molecule has 0 radical (unpaired) electrons. The summed E-state index contributed by atoms with van der Waals surface area (Å²) in [6.45, 7) is 0. The van der Waals surface area contributed by atoms with Crippen LogP contribution in [0.5, 0.6) is 0 Å². The molecular formula is C9H7BrN2O. The Hall–Kier alpha value is -1.08. The van der Waals surface area contributed by atoms with E-state index < -0.39 is 0 Å². The van der Waals surface area contributed by atoms with Gasteiger partial charge in [-0.2, -0.15) is 5.26 Å². The van der Waals surface area contributed by atoms with Crippen molar-refractivity contribution in [2.24, 2.45) is 0 Å². The first-order valence-electron chi connectivity index (χ1n) is 4.05. The van der Waals surface area contributed by atoms with Crippen LogP contribution in [0.1, 0.15) is 29.9 Å². The van der Waals surface area contributed by atoms with Crippen molar-refractivity contribution < 1.29 is 0 Å². The molecule has 1 saturated carbocycles. The minimum absolute atomic E-state index is 0.261. The van der Waals surface area contributed by atoms with E-state index in [1.807, 2.05) is 6.07 Å². The standard InChI is InChI=1S/C9H7BrN2O/c10-7-4-12-9(13)6(3-11)8(7)5-1-2-5/h4-5H,1-2H2,(H,12,13). The van der Waals surface area contributed by atoms with Crippen LogP contribution in [0.4, 0.5) is 0 Å². The fourth-order valence-electron chi connectivity index (χ4n) is 1.40. The third-order valence-corrected chi connectivity index (χ3v) is 2.84. The van der Waals surface area contributed by atoms with Crippen LogP contribution in [0.2, 0.25) is 0 Å². The van der Waals surface area contributed by atoms with Crippen LogP contribution in [0.3, 0.4) is 0 Å². The normalized spacial score (nSPS) is 15.4. The highest BCUT2D eigenvalue weighted by atomic mass is 79.9. The fourth-order valence-corrected chi connectivity index (χ4v) is 2.04. The van der Waals surface area contributed by atoms with E-state index in [4.69, 9.17) is 5.26 Å². The molecule has 1 aromatic heterocycles. The van der Waals surface area contributed by atoms with E-state index in [9.17, 15) is 4.79 Å². The predicted octanol–water partition coefficient (Wildman–Crippen LogP) is 1.89. The Kier molecular flexibility index (Phi) is 1.97. The Labute approximate surface area is 83.5 Å². The Morgan fingerprint density at radius 2 is 2.31 bits per heavy atom. The molecule has 0 saturated heterocycles. The van der Waals surface area contributed by atoms with E-state index in [1.165, 1.54) is 0 Å².